The highest BCUT2D eigenvalue weighted by Gasteiger charge is 2.20. The van der Waals surface area contributed by atoms with Gasteiger partial charge in [-0.05, 0) is 40.2 Å². The first-order chi connectivity index (χ1) is 11.4. The molecule has 0 saturated heterocycles. The Morgan fingerprint density at radius 3 is 2.50 bits per heavy atom. The van der Waals surface area contributed by atoms with Crippen molar-refractivity contribution in [3.63, 3.8) is 0 Å². The van der Waals surface area contributed by atoms with Crippen LogP contribution >= 0.6 is 0 Å². The van der Waals surface area contributed by atoms with Gasteiger partial charge < -0.3 is 4.90 Å². The topological polar surface area (TPSA) is 75.9 Å². The first-order valence-electron chi connectivity index (χ1n) is 8.02. The molecule has 1 aliphatic rings. The summed E-state index contributed by atoms with van der Waals surface area (Å²) >= 11 is 0. The van der Waals surface area contributed by atoms with E-state index in [1.165, 1.54) is 11.1 Å². The number of rotatable bonds is 2. The van der Waals surface area contributed by atoms with Crippen LogP contribution in [-0.4, -0.2) is 43.8 Å². The van der Waals surface area contributed by atoms with E-state index in [-0.39, 0.29) is 6.03 Å². The summed E-state index contributed by atoms with van der Waals surface area (Å²) in [6, 6.07) is 3.51. The molecular weight excluding hydrogens is 304 g/mol. The SMILES string of the molecule is CC1=C(C)CN(C(=O)Nc2ccnn2-c2nc(C)cc(C)n2)CC1. The predicted molar refractivity (Wildman–Crippen MR) is 92.2 cm³/mol. The van der Waals surface area contributed by atoms with Gasteiger partial charge in [0, 0.05) is 30.5 Å². The Labute approximate surface area is 141 Å². The van der Waals surface area contributed by atoms with Crippen LogP contribution in [0, 0.1) is 13.8 Å². The van der Waals surface area contributed by atoms with Gasteiger partial charge in [0.25, 0.3) is 5.95 Å². The second-order valence-corrected chi connectivity index (χ2v) is 6.24. The molecule has 0 bridgehead atoms. The van der Waals surface area contributed by atoms with Crippen LogP contribution in [0.5, 0.6) is 0 Å². The van der Waals surface area contributed by atoms with E-state index in [9.17, 15) is 4.79 Å². The van der Waals surface area contributed by atoms with E-state index in [2.05, 4.69) is 34.2 Å². The van der Waals surface area contributed by atoms with Gasteiger partial charge in [-0.15, -0.1) is 0 Å². The van der Waals surface area contributed by atoms with Crippen LogP contribution in [-0.2, 0) is 0 Å². The fourth-order valence-electron chi connectivity index (χ4n) is 2.74. The standard InChI is InChI=1S/C17H22N6O/c1-11-6-8-22(10-12(11)2)17(24)21-15-5-7-18-23(15)16-19-13(3)9-14(4)20-16/h5,7,9H,6,8,10H2,1-4H3,(H,21,24). The quantitative estimate of drug-likeness (QED) is 0.861. The molecule has 3 rings (SSSR count). The lowest BCUT2D eigenvalue weighted by Crippen LogP contribution is -2.39. The molecule has 0 unspecified atom stereocenters. The maximum absolute atomic E-state index is 12.5. The zero-order chi connectivity index (χ0) is 17.3. The largest absolute Gasteiger partial charge is 0.323 e. The number of aromatic nitrogens is 4. The molecule has 126 valence electrons. The summed E-state index contributed by atoms with van der Waals surface area (Å²) in [5, 5.41) is 7.16. The summed E-state index contributed by atoms with van der Waals surface area (Å²) in [6.07, 6.45) is 2.54. The number of anilines is 1. The average Bonchev–Trinajstić information content (AvgIpc) is 2.97. The van der Waals surface area contributed by atoms with Gasteiger partial charge in [-0.1, -0.05) is 11.1 Å². The Hall–Kier alpha value is -2.70. The van der Waals surface area contributed by atoms with Crippen LogP contribution in [0.3, 0.4) is 0 Å². The molecule has 1 N–H and O–H groups in total. The molecule has 0 saturated carbocycles. The maximum Gasteiger partial charge on any atom is 0.323 e. The second kappa shape index (κ2) is 6.43. The molecule has 0 fully saturated rings. The van der Waals surface area contributed by atoms with E-state index in [0.29, 0.717) is 18.3 Å². The number of nitrogens with zero attached hydrogens (tertiary/aromatic N) is 5. The smallest absolute Gasteiger partial charge is 0.320 e. The molecule has 0 aromatic carbocycles. The lowest BCUT2D eigenvalue weighted by atomic mass is 10.0. The molecule has 24 heavy (non-hydrogen) atoms. The van der Waals surface area contributed by atoms with E-state index in [1.807, 2.05) is 24.8 Å². The van der Waals surface area contributed by atoms with Gasteiger partial charge in [-0.3, -0.25) is 5.32 Å². The van der Waals surface area contributed by atoms with Crippen molar-refractivity contribution in [1.29, 1.82) is 0 Å². The van der Waals surface area contributed by atoms with Crippen LogP contribution in [0.25, 0.3) is 5.95 Å². The van der Waals surface area contributed by atoms with Crippen LogP contribution < -0.4 is 5.32 Å². The molecule has 0 radical (unpaired) electrons. The van der Waals surface area contributed by atoms with Crippen molar-refractivity contribution in [2.75, 3.05) is 18.4 Å². The summed E-state index contributed by atoms with van der Waals surface area (Å²) in [5.74, 6) is 1.02. The summed E-state index contributed by atoms with van der Waals surface area (Å²) in [5.41, 5.74) is 4.34. The fraction of sp³-hybridized carbons (Fsp3) is 0.412. The lowest BCUT2D eigenvalue weighted by Gasteiger charge is -2.28. The Kier molecular flexibility index (Phi) is 4.33. The van der Waals surface area contributed by atoms with Crippen LogP contribution in [0.15, 0.2) is 29.5 Å². The zero-order valence-electron chi connectivity index (χ0n) is 14.5. The van der Waals surface area contributed by atoms with E-state index in [1.54, 1.807) is 16.9 Å². The van der Waals surface area contributed by atoms with Gasteiger partial charge in [0.15, 0.2) is 0 Å². The first kappa shape index (κ1) is 16.2. The van der Waals surface area contributed by atoms with Crippen molar-refractivity contribution in [3.8, 4) is 5.95 Å². The highest BCUT2D eigenvalue weighted by molar-refractivity contribution is 5.89. The zero-order valence-corrected chi connectivity index (χ0v) is 14.5. The van der Waals surface area contributed by atoms with Crippen molar-refractivity contribution >= 4 is 11.8 Å². The first-order valence-corrected chi connectivity index (χ1v) is 8.02. The van der Waals surface area contributed by atoms with Gasteiger partial charge in [0.2, 0.25) is 0 Å². The van der Waals surface area contributed by atoms with Crippen molar-refractivity contribution in [3.05, 3.63) is 40.9 Å². The predicted octanol–water partition coefficient (Wildman–Crippen LogP) is 2.85. The summed E-state index contributed by atoms with van der Waals surface area (Å²) in [7, 11) is 0. The molecule has 0 spiro atoms. The molecule has 7 nitrogen and oxygen atoms in total. The fourth-order valence-corrected chi connectivity index (χ4v) is 2.74. The van der Waals surface area contributed by atoms with Crippen LogP contribution in [0.4, 0.5) is 10.6 Å². The van der Waals surface area contributed by atoms with Crippen molar-refractivity contribution in [1.82, 2.24) is 24.6 Å². The molecular formula is C17H22N6O. The second-order valence-electron chi connectivity index (χ2n) is 6.24. The molecule has 7 heteroatoms. The van der Waals surface area contributed by atoms with Crippen molar-refractivity contribution in [2.45, 2.75) is 34.1 Å². The van der Waals surface area contributed by atoms with Gasteiger partial charge in [-0.2, -0.15) is 9.78 Å². The van der Waals surface area contributed by atoms with Gasteiger partial charge >= 0.3 is 6.03 Å². The van der Waals surface area contributed by atoms with Gasteiger partial charge in [0.05, 0.1) is 6.20 Å². The third-order valence-corrected chi connectivity index (χ3v) is 4.24. The number of carbonyl (C=O) groups is 1. The monoisotopic (exact) mass is 326 g/mol. The Morgan fingerprint density at radius 1 is 1.12 bits per heavy atom. The lowest BCUT2D eigenvalue weighted by molar-refractivity contribution is 0.214. The molecule has 3 heterocycles. The number of amides is 2. The highest BCUT2D eigenvalue weighted by atomic mass is 16.2. The Morgan fingerprint density at radius 2 is 1.83 bits per heavy atom. The third kappa shape index (κ3) is 3.29. The summed E-state index contributed by atoms with van der Waals surface area (Å²) < 4.78 is 1.55. The summed E-state index contributed by atoms with van der Waals surface area (Å²) in [6.45, 7) is 9.39. The molecule has 2 aromatic rings. The minimum absolute atomic E-state index is 0.132. The molecule has 1 aliphatic heterocycles. The third-order valence-electron chi connectivity index (χ3n) is 4.24. The van der Waals surface area contributed by atoms with Gasteiger partial charge in [0.1, 0.15) is 5.82 Å². The average molecular weight is 326 g/mol. The number of hydrogen-bond donors (Lipinski definition) is 1. The van der Waals surface area contributed by atoms with Crippen LogP contribution in [0.2, 0.25) is 0 Å². The van der Waals surface area contributed by atoms with E-state index < -0.39 is 0 Å². The molecule has 0 aliphatic carbocycles. The number of urea groups is 1. The Bertz CT molecular complexity index is 787. The van der Waals surface area contributed by atoms with E-state index >= 15 is 0 Å². The minimum atomic E-state index is -0.132. The molecule has 2 amide bonds. The normalized spacial score (nSPS) is 14.9. The maximum atomic E-state index is 12.5. The van der Waals surface area contributed by atoms with E-state index in [0.717, 1.165) is 24.4 Å². The van der Waals surface area contributed by atoms with Gasteiger partial charge in [-0.25, -0.2) is 14.8 Å². The number of carbonyl (C=O) groups excluding carboxylic acids is 1. The molecule has 2 aromatic heterocycles. The van der Waals surface area contributed by atoms with Crippen molar-refractivity contribution in [2.24, 2.45) is 0 Å². The molecule has 0 atom stereocenters. The van der Waals surface area contributed by atoms with Crippen molar-refractivity contribution < 1.29 is 4.79 Å². The highest BCUT2D eigenvalue weighted by Crippen LogP contribution is 2.18. The minimum Gasteiger partial charge on any atom is -0.320 e. The number of nitrogens with one attached hydrogen (secondary N) is 1. The number of hydrogen-bond acceptors (Lipinski definition) is 4. The Balaban J connectivity index is 1.80. The van der Waals surface area contributed by atoms with E-state index in [4.69, 9.17) is 0 Å². The summed E-state index contributed by atoms with van der Waals surface area (Å²) in [4.78, 5) is 23.1. The van der Waals surface area contributed by atoms with Crippen LogP contribution in [0.1, 0.15) is 31.7 Å². The number of aryl methyl sites for hydroxylation is 2.